The first kappa shape index (κ1) is 22.3. The molecule has 0 unspecified atom stereocenters. The Balaban J connectivity index is 1.36. The van der Waals surface area contributed by atoms with Gasteiger partial charge in [-0.2, -0.15) is 0 Å². The van der Waals surface area contributed by atoms with Gasteiger partial charge < -0.3 is 15.1 Å². The van der Waals surface area contributed by atoms with Crippen molar-refractivity contribution in [1.29, 1.82) is 0 Å². The Labute approximate surface area is 193 Å². The van der Waals surface area contributed by atoms with Gasteiger partial charge in [-0.3, -0.25) is 14.4 Å². The summed E-state index contributed by atoms with van der Waals surface area (Å²) in [4.78, 5) is 41.6. The fourth-order valence-electron chi connectivity index (χ4n) is 4.21. The maximum atomic E-state index is 13.3. The van der Waals surface area contributed by atoms with E-state index in [-0.39, 0.29) is 23.6 Å². The van der Waals surface area contributed by atoms with Crippen LogP contribution in [0.2, 0.25) is 5.02 Å². The fourth-order valence-corrected chi connectivity index (χ4v) is 4.34. The van der Waals surface area contributed by atoms with E-state index in [9.17, 15) is 14.4 Å². The third-order valence-electron chi connectivity index (χ3n) is 6.29. The molecule has 0 aromatic heterocycles. The van der Waals surface area contributed by atoms with Crippen LogP contribution in [0.25, 0.3) is 0 Å². The van der Waals surface area contributed by atoms with Crippen molar-refractivity contribution in [3.05, 3.63) is 70.2 Å². The molecule has 1 heterocycles. The molecule has 3 amide bonds. The van der Waals surface area contributed by atoms with Crippen LogP contribution in [-0.2, 0) is 11.3 Å². The number of hydrogen-bond donors (Lipinski definition) is 1. The van der Waals surface area contributed by atoms with Gasteiger partial charge >= 0.3 is 0 Å². The highest BCUT2D eigenvalue weighted by molar-refractivity contribution is 6.30. The maximum Gasteiger partial charge on any atom is 0.253 e. The smallest absolute Gasteiger partial charge is 0.253 e. The second-order valence-corrected chi connectivity index (χ2v) is 8.98. The summed E-state index contributed by atoms with van der Waals surface area (Å²) < 4.78 is 0. The molecule has 1 N–H and O–H groups in total. The monoisotopic (exact) mass is 453 g/mol. The summed E-state index contributed by atoms with van der Waals surface area (Å²) in [6.07, 6.45) is 3.43. The summed E-state index contributed by atoms with van der Waals surface area (Å²) >= 11 is 5.92. The van der Waals surface area contributed by atoms with Gasteiger partial charge in [-0.05, 0) is 67.6 Å². The molecule has 0 atom stereocenters. The molecule has 32 heavy (non-hydrogen) atoms. The lowest BCUT2D eigenvalue weighted by atomic mass is 9.94. The lowest BCUT2D eigenvalue weighted by Gasteiger charge is -2.34. The second-order valence-electron chi connectivity index (χ2n) is 8.55. The van der Waals surface area contributed by atoms with Crippen LogP contribution in [0.4, 0.5) is 0 Å². The van der Waals surface area contributed by atoms with E-state index in [2.05, 4.69) is 5.32 Å². The Morgan fingerprint density at radius 3 is 2.09 bits per heavy atom. The van der Waals surface area contributed by atoms with Crippen LogP contribution in [0.5, 0.6) is 0 Å². The van der Waals surface area contributed by atoms with E-state index in [0.29, 0.717) is 54.7 Å². The molecule has 1 saturated heterocycles. The van der Waals surface area contributed by atoms with Crippen LogP contribution in [0.3, 0.4) is 0 Å². The minimum Gasteiger partial charge on any atom is -0.355 e. The van der Waals surface area contributed by atoms with Gasteiger partial charge in [0.1, 0.15) is 0 Å². The average molecular weight is 454 g/mol. The Kier molecular flexibility index (Phi) is 6.80. The Bertz CT molecular complexity index is 978. The third kappa shape index (κ3) is 5.13. The molecule has 2 aliphatic rings. The molecule has 7 heteroatoms. The number of carbonyl (C=O) groups is 3. The van der Waals surface area contributed by atoms with Gasteiger partial charge in [0.2, 0.25) is 5.91 Å². The summed E-state index contributed by atoms with van der Waals surface area (Å²) in [6, 6.07) is 14.7. The first-order chi connectivity index (χ1) is 15.5. The van der Waals surface area contributed by atoms with Gasteiger partial charge in [0.05, 0.1) is 0 Å². The van der Waals surface area contributed by atoms with E-state index in [1.165, 1.54) is 0 Å². The number of halogens is 1. The molecule has 2 aromatic carbocycles. The summed E-state index contributed by atoms with van der Waals surface area (Å²) in [5.74, 6) is -0.00844. The number of amides is 3. The van der Waals surface area contributed by atoms with Crippen LogP contribution in [-0.4, -0.2) is 53.7 Å². The molecule has 0 radical (unpaired) electrons. The maximum absolute atomic E-state index is 13.3. The van der Waals surface area contributed by atoms with Gasteiger partial charge in [-0.15, -0.1) is 0 Å². The molecule has 1 aliphatic carbocycles. The minimum absolute atomic E-state index is 0.0113. The quantitative estimate of drug-likeness (QED) is 0.724. The number of likely N-dealkylation sites (tertiary alicyclic amines) is 1. The normalized spacial score (nSPS) is 16.5. The Hall–Kier alpha value is -2.86. The van der Waals surface area contributed by atoms with Crippen molar-refractivity contribution in [3.63, 3.8) is 0 Å². The van der Waals surface area contributed by atoms with E-state index in [1.807, 2.05) is 21.9 Å². The highest BCUT2D eigenvalue weighted by Gasteiger charge is 2.37. The van der Waals surface area contributed by atoms with Gasteiger partial charge in [0.25, 0.3) is 11.8 Å². The number of nitrogens with zero attached hydrogens (tertiary/aromatic N) is 2. The van der Waals surface area contributed by atoms with Crippen molar-refractivity contribution >= 4 is 29.3 Å². The van der Waals surface area contributed by atoms with Crippen molar-refractivity contribution in [3.8, 4) is 0 Å². The minimum atomic E-state index is -0.119. The van der Waals surface area contributed by atoms with Gasteiger partial charge in [0.15, 0.2) is 0 Å². The summed E-state index contributed by atoms with van der Waals surface area (Å²) in [5, 5.41) is 3.22. The van der Waals surface area contributed by atoms with E-state index in [1.54, 1.807) is 43.4 Å². The third-order valence-corrected chi connectivity index (χ3v) is 6.54. The molecule has 1 saturated carbocycles. The van der Waals surface area contributed by atoms with Crippen molar-refractivity contribution in [1.82, 2.24) is 15.1 Å². The first-order valence-corrected chi connectivity index (χ1v) is 11.5. The van der Waals surface area contributed by atoms with E-state index < -0.39 is 0 Å². The molecule has 2 aromatic rings. The average Bonchev–Trinajstić information content (AvgIpc) is 3.67. The molecule has 168 valence electrons. The highest BCUT2D eigenvalue weighted by Crippen LogP contribution is 2.32. The van der Waals surface area contributed by atoms with Crippen molar-refractivity contribution in [2.24, 2.45) is 5.92 Å². The predicted octanol–water partition coefficient (Wildman–Crippen LogP) is 3.74. The number of hydrogen-bond acceptors (Lipinski definition) is 3. The molecular formula is C25H28ClN3O3. The van der Waals surface area contributed by atoms with Gasteiger partial charge in [-0.25, -0.2) is 0 Å². The molecular weight excluding hydrogens is 426 g/mol. The molecule has 6 nitrogen and oxygen atoms in total. The molecule has 0 bridgehead atoms. The molecule has 1 aliphatic heterocycles. The van der Waals surface area contributed by atoms with Crippen molar-refractivity contribution in [2.45, 2.75) is 38.3 Å². The summed E-state index contributed by atoms with van der Waals surface area (Å²) in [5.41, 5.74) is 2.26. The Morgan fingerprint density at radius 1 is 0.938 bits per heavy atom. The van der Waals surface area contributed by atoms with E-state index in [4.69, 9.17) is 11.6 Å². The van der Waals surface area contributed by atoms with Crippen molar-refractivity contribution in [2.75, 3.05) is 20.1 Å². The summed E-state index contributed by atoms with van der Waals surface area (Å²) in [6.45, 7) is 1.72. The van der Waals surface area contributed by atoms with E-state index in [0.717, 1.165) is 18.4 Å². The topological polar surface area (TPSA) is 69.7 Å². The standard InChI is InChI=1S/C25H28ClN3O3/c1-27-23(30)18-4-2-17(3-5-18)16-29(22-10-11-22)25(32)20-12-14-28(15-13-20)24(31)19-6-8-21(26)9-7-19/h2-9,20,22H,10-16H2,1H3,(H,27,30). The lowest BCUT2D eigenvalue weighted by molar-refractivity contribution is -0.138. The van der Waals surface area contributed by atoms with E-state index >= 15 is 0 Å². The zero-order valence-corrected chi connectivity index (χ0v) is 19.0. The predicted molar refractivity (Wildman–Crippen MR) is 123 cm³/mol. The fraction of sp³-hybridized carbons (Fsp3) is 0.400. The molecule has 0 spiro atoms. The molecule has 2 fully saturated rings. The van der Waals surface area contributed by atoms with Crippen molar-refractivity contribution < 1.29 is 14.4 Å². The first-order valence-electron chi connectivity index (χ1n) is 11.1. The van der Waals surface area contributed by atoms with Crippen LogP contribution in [0.1, 0.15) is 52.0 Å². The van der Waals surface area contributed by atoms with Crippen LogP contribution >= 0.6 is 11.6 Å². The number of benzene rings is 2. The van der Waals surface area contributed by atoms with Crippen LogP contribution < -0.4 is 5.32 Å². The number of carbonyl (C=O) groups excluding carboxylic acids is 3. The highest BCUT2D eigenvalue weighted by atomic mass is 35.5. The number of piperidine rings is 1. The zero-order valence-electron chi connectivity index (χ0n) is 18.2. The second kappa shape index (κ2) is 9.74. The van der Waals surface area contributed by atoms with Gasteiger partial charge in [0, 0.05) is 54.8 Å². The SMILES string of the molecule is CNC(=O)c1ccc(CN(C(=O)C2CCN(C(=O)c3ccc(Cl)cc3)CC2)C2CC2)cc1. The lowest BCUT2D eigenvalue weighted by Crippen LogP contribution is -2.44. The number of nitrogens with one attached hydrogen (secondary N) is 1. The van der Waals surface area contributed by atoms with Crippen LogP contribution in [0.15, 0.2) is 48.5 Å². The largest absolute Gasteiger partial charge is 0.355 e. The molecule has 4 rings (SSSR count). The van der Waals surface area contributed by atoms with Crippen LogP contribution in [0, 0.1) is 5.92 Å². The number of rotatable bonds is 6. The zero-order chi connectivity index (χ0) is 22.7. The Morgan fingerprint density at radius 2 is 1.53 bits per heavy atom. The summed E-state index contributed by atoms with van der Waals surface area (Å²) in [7, 11) is 1.61. The van der Waals surface area contributed by atoms with Gasteiger partial charge in [-0.1, -0.05) is 23.7 Å².